The molecule has 3 saturated carbocycles. The number of benzene rings is 2. The Labute approximate surface area is 438 Å². The van der Waals surface area contributed by atoms with Crippen molar-refractivity contribution in [3.63, 3.8) is 0 Å². The van der Waals surface area contributed by atoms with Crippen molar-refractivity contribution < 1.29 is 13.9 Å². The summed E-state index contributed by atoms with van der Waals surface area (Å²) in [6, 6.07) is 25.0. The van der Waals surface area contributed by atoms with Crippen LogP contribution >= 0.6 is 23.2 Å². The van der Waals surface area contributed by atoms with Crippen molar-refractivity contribution in [2.24, 2.45) is 14.1 Å². The number of halogens is 4. The molecular formula is C55H45Cl2F2N15O. The van der Waals surface area contributed by atoms with Gasteiger partial charge < -0.3 is 19.6 Å². The molecule has 16 nitrogen and oxygen atoms in total. The first-order chi connectivity index (χ1) is 36.5. The number of nitrogens with zero attached hydrogens (tertiary/aromatic N) is 14. The van der Waals surface area contributed by atoms with Gasteiger partial charge in [0.05, 0.1) is 51.8 Å². The van der Waals surface area contributed by atoms with Crippen molar-refractivity contribution in [2.45, 2.75) is 69.1 Å². The highest BCUT2D eigenvalue weighted by Crippen LogP contribution is 2.55. The number of pyridine rings is 4. The molecule has 8 heterocycles. The molecule has 0 amide bonds. The third-order valence-corrected chi connectivity index (χ3v) is 14.8. The average Bonchev–Trinajstić information content (AvgIpc) is 4.43. The Hall–Kier alpha value is -7.90. The fraction of sp³-hybridized carbons (Fsp3) is 0.236. The molecule has 0 saturated heterocycles. The maximum absolute atomic E-state index is 15.5. The fourth-order valence-electron chi connectivity index (χ4n) is 9.77. The molecule has 3 fully saturated rings. The van der Waals surface area contributed by atoms with Gasteiger partial charge in [-0.05, 0) is 127 Å². The van der Waals surface area contributed by atoms with Crippen LogP contribution < -0.4 is 5.32 Å². The van der Waals surface area contributed by atoms with E-state index in [1.807, 2.05) is 48.1 Å². The number of aliphatic hydroxyl groups is 1. The van der Waals surface area contributed by atoms with Gasteiger partial charge in [-0.2, -0.15) is 10.2 Å². The number of rotatable bonds is 15. The van der Waals surface area contributed by atoms with E-state index >= 15 is 8.78 Å². The molecule has 0 spiro atoms. The minimum atomic E-state index is -0.420. The van der Waals surface area contributed by atoms with Crippen LogP contribution in [-0.2, 0) is 27.2 Å². The molecule has 8 aromatic heterocycles. The molecule has 10 aromatic rings. The van der Waals surface area contributed by atoms with E-state index in [0.717, 1.165) is 52.2 Å². The van der Waals surface area contributed by atoms with E-state index < -0.39 is 11.6 Å². The lowest BCUT2D eigenvalue weighted by molar-refractivity contribution is 0.277. The predicted octanol–water partition coefficient (Wildman–Crippen LogP) is 10.4. The molecule has 20 heteroatoms. The second kappa shape index (κ2) is 18.8. The van der Waals surface area contributed by atoms with Crippen molar-refractivity contribution in [1.82, 2.24) is 74.3 Å². The summed E-state index contributed by atoms with van der Waals surface area (Å²) >= 11 is 13.3. The van der Waals surface area contributed by atoms with E-state index in [1.165, 1.54) is 37.1 Å². The third kappa shape index (κ3) is 9.17. The van der Waals surface area contributed by atoms with Crippen LogP contribution in [0.2, 0.25) is 10.0 Å². The molecule has 2 atom stereocenters. The number of hydrogen-bond acceptors (Lipinski definition) is 12. The van der Waals surface area contributed by atoms with Gasteiger partial charge in [0.15, 0.2) is 23.3 Å². The summed E-state index contributed by atoms with van der Waals surface area (Å²) in [5, 5.41) is 41.6. The quantitative estimate of drug-likeness (QED) is 0.0993. The molecular weight excluding hydrogens is 996 g/mol. The zero-order valence-electron chi connectivity index (χ0n) is 40.4. The van der Waals surface area contributed by atoms with Crippen LogP contribution in [0.15, 0.2) is 116 Å². The zero-order valence-corrected chi connectivity index (χ0v) is 42.0. The third-order valence-electron chi connectivity index (χ3n) is 14.1. The van der Waals surface area contributed by atoms with Crippen molar-refractivity contribution in [1.29, 1.82) is 0 Å². The van der Waals surface area contributed by atoms with Gasteiger partial charge in [0.2, 0.25) is 0 Å². The first-order valence-electron chi connectivity index (χ1n) is 24.7. The van der Waals surface area contributed by atoms with Crippen LogP contribution in [0.5, 0.6) is 0 Å². The topological polar surface area (TPSA) is 181 Å². The molecule has 75 heavy (non-hydrogen) atoms. The van der Waals surface area contributed by atoms with E-state index in [2.05, 4.69) is 31.7 Å². The van der Waals surface area contributed by atoms with E-state index in [1.54, 1.807) is 70.2 Å². The van der Waals surface area contributed by atoms with Crippen LogP contribution in [0.1, 0.15) is 78.5 Å². The highest BCUT2D eigenvalue weighted by atomic mass is 35.5. The Morgan fingerprint density at radius 3 is 1.81 bits per heavy atom. The van der Waals surface area contributed by atoms with Gasteiger partial charge in [0.25, 0.3) is 0 Å². The Kier molecular flexibility index (Phi) is 11.7. The van der Waals surface area contributed by atoms with Gasteiger partial charge in [-0.15, -0.1) is 20.4 Å². The first kappa shape index (κ1) is 46.9. The molecule has 2 aromatic carbocycles. The lowest BCUT2D eigenvalue weighted by Gasteiger charge is -2.14. The Morgan fingerprint density at radius 1 is 0.613 bits per heavy atom. The smallest absolute Gasteiger partial charge is 0.164 e. The molecule has 2 N–H and O–H groups in total. The SMILES string of the molecule is Cn1cnnc1-c1cc(F)ccc1-c1cc(C2CC2c2nnc(-c3cc(F)ccc3-c3cc(C4CC4)nc(-n4cc(-c5nc(CNC6CC6)ccc5Cl)cn4)c3)n2C)nc(-n2cc(-c3nc(CO)ccc3Cl)cn2)c1. The highest BCUT2D eigenvalue weighted by molar-refractivity contribution is 6.33. The highest BCUT2D eigenvalue weighted by Gasteiger charge is 2.45. The minimum absolute atomic E-state index is 0.103. The molecule has 3 aliphatic rings. The van der Waals surface area contributed by atoms with Gasteiger partial charge in [-0.1, -0.05) is 35.3 Å². The monoisotopic (exact) mass is 1040 g/mol. The molecule has 2 unspecified atom stereocenters. The number of hydrogen-bond donors (Lipinski definition) is 2. The molecule has 0 aliphatic heterocycles. The van der Waals surface area contributed by atoms with Gasteiger partial charge in [-0.25, -0.2) is 38.1 Å². The summed E-state index contributed by atoms with van der Waals surface area (Å²) < 4.78 is 37.6. The van der Waals surface area contributed by atoms with Crippen LogP contribution in [0, 0.1) is 11.6 Å². The fourth-order valence-corrected chi connectivity index (χ4v) is 10.2. The largest absolute Gasteiger partial charge is 0.390 e. The lowest BCUT2D eigenvalue weighted by Crippen LogP contribution is -2.16. The molecule has 0 radical (unpaired) electrons. The molecule has 13 rings (SSSR count). The Balaban J connectivity index is 0.845. The van der Waals surface area contributed by atoms with Gasteiger partial charge in [-0.3, -0.25) is 0 Å². The molecule has 3 aliphatic carbocycles. The number of nitrogens with one attached hydrogen (secondary N) is 1. The summed E-state index contributed by atoms with van der Waals surface area (Å²) in [6.45, 7) is 0.413. The van der Waals surface area contributed by atoms with Crippen LogP contribution in [0.25, 0.3) is 79.2 Å². The summed E-state index contributed by atoms with van der Waals surface area (Å²) in [5.41, 5.74) is 9.73. The second-order valence-corrected chi connectivity index (χ2v) is 20.3. The Morgan fingerprint density at radius 2 is 1.21 bits per heavy atom. The van der Waals surface area contributed by atoms with Crippen molar-refractivity contribution >= 4 is 23.2 Å². The normalized spacial score (nSPS) is 16.3. The van der Waals surface area contributed by atoms with Gasteiger partial charge >= 0.3 is 0 Å². The van der Waals surface area contributed by atoms with Gasteiger partial charge in [0, 0.05) is 90.5 Å². The second-order valence-electron chi connectivity index (χ2n) is 19.5. The number of aliphatic hydroxyl groups excluding tert-OH is 1. The molecule has 374 valence electrons. The maximum atomic E-state index is 15.5. The van der Waals surface area contributed by atoms with Gasteiger partial charge in [0.1, 0.15) is 23.8 Å². The van der Waals surface area contributed by atoms with E-state index in [9.17, 15) is 5.11 Å². The van der Waals surface area contributed by atoms with Crippen molar-refractivity contribution in [2.75, 3.05) is 0 Å². The summed E-state index contributed by atoms with van der Waals surface area (Å²) in [6.07, 6.45) is 13.7. The average molecular weight is 1040 g/mol. The van der Waals surface area contributed by atoms with Crippen molar-refractivity contribution in [3.05, 3.63) is 166 Å². The van der Waals surface area contributed by atoms with Crippen LogP contribution in [0.3, 0.4) is 0 Å². The van der Waals surface area contributed by atoms with E-state index in [0.29, 0.717) is 103 Å². The zero-order chi connectivity index (χ0) is 51.1. The summed E-state index contributed by atoms with van der Waals surface area (Å²) in [7, 11) is 3.71. The van der Waals surface area contributed by atoms with E-state index in [4.69, 9.17) is 53.4 Å². The summed E-state index contributed by atoms with van der Waals surface area (Å²) in [5.74, 6) is 2.06. The maximum Gasteiger partial charge on any atom is 0.164 e. The summed E-state index contributed by atoms with van der Waals surface area (Å²) in [4.78, 5) is 19.7. The Bertz CT molecular complexity index is 3860. The van der Waals surface area contributed by atoms with Crippen molar-refractivity contribution in [3.8, 4) is 79.2 Å². The minimum Gasteiger partial charge on any atom is -0.390 e. The lowest BCUT2D eigenvalue weighted by atomic mass is 9.97. The molecule has 0 bridgehead atoms. The predicted molar refractivity (Wildman–Crippen MR) is 278 cm³/mol. The number of aromatic nitrogens is 14. The van der Waals surface area contributed by atoms with Crippen LogP contribution in [0.4, 0.5) is 8.78 Å². The standard InChI is InChI=1S/C55H45Cl2F2N15O/c1-71-28-61-68-53(71)42-19-34(58)5-11-39(42)31-16-48(67-50(18-31)74-26-33(23-63-74)52-46(57)14-10-38(27-75)65-52)41-21-44(41)55-70-69-54(72(55)2)43-20-35(59)6-12-40(43)30-15-47(29-3-4-29)66-49(17-30)73-25-32(22-62-73)51-45(56)13-9-37(64-51)24-60-36-7-8-36/h5-6,9-20,22-23,25-26,28-29,36,41,44,60,75H,3-4,7-8,21,24,27H2,1-2H3. The number of aryl methyl sites for hydroxylation is 1. The van der Waals surface area contributed by atoms with E-state index in [-0.39, 0.29) is 18.4 Å². The first-order valence-corrected chi connectivity index (χ1v) is 25.4. The van der Waals surface area contributed by atoms with Crippen LogP contribution in [-0.4, -0.2) is 80.2 Å².